The van der Waals surface area contributed by atoms with E-state index in [1.165, 1.54) is 13.8 Å². The molecule has 7 heteroatoms. The highest BCUT2D eigenvalue weighted by Gasteiger charge is 2.17. The summed E-state index contributed by atoms with van der Waals surface area (Å²) in [5, 5.41) is 7.77. The largest absolute Gasteiger partial charge is 0.481 e. The zero-order valence-electron chi connectivity index (χ0n) is 8.10. The van der Waals surface area contributed by atoms with E-state index in [4.69, 9.17) is 5.11 Å². The quantitative estimate of drug-likeness (QED) is 0.687. The molecule has 0 fully saturated rings. The Morgan fingerprint density at radius 2 is 1.93 bits per heavy atom. The molecule has 0 aromatic carbocycles. The van der Waals surface area contributed by atoms with E-state index in [9.17, 15) is 17.4 Å². The van der Waals surface area contributed by atoms with Gasteiger partial charge in [-0.15, -0.1) is 0 Å². The van der Waals surface area contributed by atoms with E-state index in [1.807, 2.05) is 0 Å². The van der Waals surface area contributed by atoms with Crippen LogP contribution >= 0.6 is 0 Å². The Hall–Kier alpha value is -0.430. The summed E-state index contributed by atoms with van der Waals surface area (Å²) in [5.74, 6) is -1.99. The zero-order valence-corrected chi connectivity index (χ0v) is 9.73. The fourth-order valence-electron chi connectivity index (χ4n) is 0.655. The average Bonchev–Trinajstić information content (AvgIpc) is 1.99. The number of carbonyl (C=O) groups is 1. The summed E-state index contributed by atoms with van der Waals surface area (Å²) in [6, 6.07) is 0. The molecule has 0 rings (SSSR count). The summed E-state index contributed by atoms with van der Waals surface area (Å²) in [6.07, 6.45) is 0. The lowest BCUT2D eigenvalue weighted by molar-refractivity contribution is -0.133. The molecule has 0 amide bonds. The monoisotopic (exact) mass is 242 g/mol. The molecule has 1 unspecified atom stereocenters. The van der Waals surface area contributed by atoms with Crippen LogP contribution in [-0.4, -0.2) is 46.2 Å². The molecule has 5 nitrogen and oxygen atoms in total. The van der Waals surface area contributed by atoms with Crippen LogP contribution < -0.4 is 0 Å². The molecule has 0 saturated carbocycles. The van der Waals surface area contributed by atoms with Gasteiger partial charge in [0.1, 0.15) is 5.75 Å². The smallest absolute Gasteiger partial charge is 0.316 e. The van der Waals surface area contributed by atoms with Gasteiger partial charge in [0.2, 0.25) is 0 Å². The maximum absolute atomic E-state index is 11.2. The summed E-state index contributed by atoms with van der Waals surface area (Å²) in [5.41, 5.74) is 0. The first-order valence-corrected chi connectivity index (χ1v) is 7.24. The van der Waals surface area contributed by atoms with E-state index in [-0.39, 0.29) is 11.5 Å². The molecule has 0 aliphatic rings. The number of aliphatic carboxylic acids is 1. The first kappa shape index (κ1) is 13.6. The van der Waals surface area contributed by atoms with E-state index >= 15 is 0 Å². The fraction of sp³-hybridized carbons (Fsp3) is 0.857. The molecular formula is C7H14O5S2. The van der Waals surface area contributed by atoms with Crippen molar-refractivity contribution in [3.63, 3.8) is 0 Å². The van der Waals surface area contributed by atoms with Crippen molar-refractivity contribution in [2.75, 3.05) is 17.3 Å². The minimum atomic E-state index is -3.22. The maximum Gasteiger partial charge on any atom is 0.316 e. The van der Waals surface area contributed by atoms with Crippen molar-refractivity contribution in [1.29, 1.82) is 0 Å². The Morgan fingerprint density at radius 3 is 2.29 bits per heavy atom. The molecule has 84 valence electrons. The molecule has 1 atom stereocenters. The van der Waals surface area contributed by atoms with E-state index in [0.29, 0.717) is 0 Å². The van der Waals surface area contributed by atoms with Gasteiger partial charge in [-0.25, -0.2) is 8.42 Å². The topological polar surface area (TPSA) is 88.5 Å². The van der Waals surface area contributed by atoms with Crippen molar-refractivity contribution in [3.8, 4) is 0 Å². The second-order valence-electron chi connectivity index (χ2n) is 3.10. The predicted octanol–water partition coefficient (Wildman–Crippen LogP) is -0.357. The van der Waals surface area contributed by atoms with Crippen molar-refractivity contribution in [3.05, 3.63) is 0 Å². The Bertz CT molecular complexity index is 317. The lowest BCUT2D eigenvalue weighted by atomic mass is 10.6. The Kier molecular flexibility index (Phi) is 5.28. The summed E-state index contributed by atoms with van der Waals surface area (Å²) >= 11 is 0. The molecule has 0 spiro atoms. The molecular weight excluding hydrogens is 228 g/mol. The first-order valence-electron chi connectivity index (χ1n) is 4.04. The average molecular weight is 242 g/mol. The highest BCUT2D eigenvalue weighted by atomic mass is 32.2. The van der Waals surface area contributed by atoms with Crippen molar-refractivity contribution in [1.82, 2.24) is 0 Å². The standard InChI is InChI=1S/C7H14O5S2/c1-6(2)14(11,12)4-3-13(10)5-7(8)9/h6H,3-5H2,1-2H3,(H,8,9). The minimum Gasteiger partial charge on any atom is -0.481 e. The molecule has 1 N–H and O–H groups in total. The normalized spacial score (nSPS) is 14.2. The SMILES string of the molecule is CC(C)S(=O)(=O)CCS(=O)CC(=O)O. The van der Waals surface area contributed by atoms with E-state index in [1.54, 1.807) is 0 Å². The van der Waals surface area contributed by atoms with Crippen LogP contribution in [0.3, 0.4) is 0 Å². The van der Waals surface area contributed by atoms with Crippen molar-refractivity contribution < 1.29 is 22.5 Å². The molecule has 14 heavy (non-hydrogen) atoms. The lowest BCUT2D eigenvalue weighted by Crippen LogP contribution is -2.23. The van der Waals surface area contributed by atoms with Gasteiger partial charge in [-0.3, -0.25) is 9.00 Å². The highest BCUT2D eigenvalue weighted by Crippen LogP contribution is 2.01. The van der Waals surface area contributed by atoms with Crippen LogP contribution in [0.15, 0.2) is 0 Å². The van der Waals surface area contributed by atoms with Crippen LogP contribution in [0.1, 0.15) is 13.8 Å². The van der Waals surface area contributed by atoms with Crippen LogP contribution in [0.25, 0.3) is 0 Å². The third-order valence-electron chi connectivity index (χ3n) is 1.60. The number of hydrogen-bond acceptors (Lipinski definition) is 4. The maximum atomic E-state index is 11.2. The van der Waals surface area contributed by atoms with Crippen molar-refractivity contribution in [2.45, 2.75) is 19.1 Å². The fourth-order valence-corrected chi connectivity index (χ4v) is 3.22. The number of hydrogen-bond donors (Lipinski definition) is 1. The van der Waals surface area contributed by atoms with Gasteiger partial charge in [0.05, 0.1) is 11.0 Å². The predicted molar refractivity (Wildman–Crippen MR) is 54.4 cm³/mol. The molecule has 0 aliphatic carbocycles. The van der Waals surface area contributed by atoms with Gasteiger partial charge in [0.25, 0.3) is 0 Å². The van der Waals surface area contributed by atoms with Crippen molar-refractivity contribution in [2.24, 2.45) is 0 Å². The summed E-state index contributed by atoms with van der Waals surface area (Å²) in [4.78, 5) is 10.1. The molecule has 0 aromatic rings. The van der Waals surface area contributed by atoms with Crippen LogP contribution in [-0.2, 0) is 25.4 Å². The van der Waals surface area contributed by atoms with Gasteiger partial charge in [-0.05, 0) is 13.8 Å². The molecule has 0 aliphatic heterocycles. The van der Waals surface area contributed by atoms with Crippen LogP contribution in [0.4, 0.5) is 0 Å². The second kappa shape index (κ2) is 5.45. The number of sulfone groups is 1. The minimum absolute atomic E-state index is 0.104. The van der Waals surface area contributed by atoms with E-state index in [0.717, 1.165) is 0 Å². The van der Waals surface area contributed by atoms with Crippen LogP contribution in [0.5, 0.6) is 0 Å². The third-order valence-corrected chi connectivity index (χ3v) is 5.29. The van der Waals surface area contributed by atoms with Crippen molar-refractivity contribution >= 4 is 26.6 Å². The molecule has 0 saturated heterocycles. The molecule has 0 bridgehead atoms. The molecule has 0 heterocycles. The Morgan fingerprint density at radius 1 is 1.43 bits per heavy atom. The van der Waals surface area contributed by atoms with Crippen LogP contribution in [0.2, 0.25) is 0 Å². The lowest BCUT2D eigenvalue weighted by Gasteiger charge is -2.06. The van der Waals surface area contributed by atoms with Crippen LogP contribution in [0, 0.1) is 0 Å². The van der Waals surface area contributed by atoms with Gasteiger partial charge in [0.15, 0.2) is 9.84 Å². The third kappa shape index (κ3) is 5.33. The van der Waals surface area contributed by atoms with E-state index in [2.05, 4.69) is 0 Å². The van der Waals surface area contributed by atoms with Gasteiger partial charge in [-0.2, -0.15) is 0 Å². The van der Waals surface area contributed by atoms with Gasteiger partial charge in [0, 0.05) is 16.6 Å². The van der Waals surface area contributed by atoms with E-state index < -0.39 is 37.6 Å². The second-order valence-corrected chi connectivity index (χ2v) is 7.35. The Balaban J connectivity index is 4.08. The molecule has 0 aromatic heterocycles. The first-order chi connectivity index (χ1) is 6.25. The Labute approximate surface area is 85.9 Å². The molecule has 0 radical (unpaired) electrons. The summed E-state index contributed by atoms with van der Waals surface area (Å²) in [7, 11) is -4.81. The van der Waals surface area contributed by atoms with Gasteiger partial charge in [-0.1, -0.05) is 0 Å². The van der Waals surface area contributed by atoms with Gasteiger partial charge >= 0.3 is 5.97 Å². The zero-order chi connectivity index (χ0) is 11.4. The number of carboxylic acid groups (broad SMARTS) is 1. The van der Waals surface area contributed by atoms with Gasteiger partial charge < -0.3 is 5.11 Å². The summed E-state index contributed by atoms with van der Waals surface area (Å²) in [6.45, 7) is 3.07. The number of rotatable bonds is 6. The summed E-state index contributed by atoms with van der Waals surface area (Å²) < 4.78 is 33.5. The highest BCUT2D eigenvalue weighted by molar-refractivity contribution is 7.93. The number of carboxylic acids is 1.